The summed E-state index contributed by atoms with van der Waals surface area (Å²) in [5.74, 6) is 0. The number of hydrogen-bond acceptors (Lipinski definition) is 4. The van der Waals surface area contributed by atoms with Crippen LogP contribution in [0.25, 0.3) is 11.0 Å². The van der Waals surface area contributed by atoms with E-state index in [-0.39, 0.29) is 17.2 Å². The maximum atomic E-state index is 12.9. The standard InChI is InChI=1S/C16H13ClF3N3O2S/c17-14-5-4-13-15(22-14)10(6-7-21)9-23(13)26(24,25)12-3-1-2-11(8-12)16(18,19)20/h1-5,8-9H,6-7,21H2. The molecular weight excluding hydrogens is 391 g/mol. The number of halogens is 4. The monoisotopic (exact) mass is 403 g/mol. The molecule has 2 aromatic heterocycles. The SMILES string of the molecule is NCCc1cn(S(=O)(=O)c2cccc(C(F)(F)F)c2)c2ccc(Cl)nc12. The maximum absolute atomic E-state index is 12.9. The lowest BCUT2D eigenvalue weighted by atomic mass is 10.2. The molecule has 0 saturated heterocycles. The Morgan fingerprint density at radius 1 is 1.19 bits per heavy atom. The van der Waals surface area contributed by atoms with Gasteiger partial charge in [-0.3, -0.25) is 0 Å². The van der Waals surface area contributed by atoms with Crippen LogP contribution in [0.4, 0.5) is 13.2 Å². The first-order valence-corrected chi connectivity index (χ1v) is 9.26. The highest BCUT2D eigenvalue weighted by atomic mass is 35.5. The third kappa shape index (κ3) is 3.29. The highest BCUT2D eigenvalue weighted by molar-refractivity contribution is 7.90. The molecule has 0 aliphatic carbocycles. The highest BCUT2D eigenvalue weighted by Crippen LogP contribution is 2.32. The summed E-state index contributed by atoms with van der Waals surface area (Å²) in [6.07, 6.45) is -2.99. The molecule has 10 heteroatoms. The molecule has 0 radical (unpaired) electrons. The average Bonchev–Trinajstić information content (AvgIpc) is 2.93. The van der Waals surface area contributed by atoms with Crippen LogP contribution in [-0.2, 0) is 22.6 Å². The van der Waals surface area contributed by atoms with E-state index in [4.69, 9.17) is 17.3 Å². The van der Waals surface area contributed by atoms with Gasteiger partial charge in [-0.05, 0) is 48.9 Å². The van der Waals surface area contributed by atoms with E-state index >= 15 is 0 Å². The van der Waals surface area contributed by atoms with Gasteiger partial charge < -0.3 is 5.73 Å². The molecule has 0 aliphatic heterocycles. The Bertz CT molecular complexity index is 1080. The van der Waals surface area contributed by atoms with Gasteiger partial charge in [0, 0.05) is 6.20 Å². The van der Waals surface area contributed by atoms with E-state index in [0.717, 1.165) is 22.2 Å². The molecule has 0 bridgehead atoms. The lowest BCUT2D eigenvalue weighted by Gasteiger charge is -2.11. The minimum atomic E-state index is -4.65. The van der Waals surface area contributed by atoms with Gasteiger partial charge in [0.25, 0.3) is 10.0 Å². The number of alkyl halides is 3. The van der Waals surface area contributed by atoms with Crippen molar-refractivity contribution in [3.05, 3.63) is 58.9 Å². The first-order valence-electron chi connectivity index (χ1n) is 7.44. The largest absolute Gasteiger partial charge is 0.416 e. The summed E-state index contributed by atoms with van der Waals surface area (Å²) in [6, 6.07) is 6.45. The molecule has 0 saturated carbocycles. The van der Waals surface area contributed by atoms with Gasteiger partial charge >= 0.3 is 6.18 Å². The van der Waals surface area contributed by atoms with Crippen molar-refractivity contribution < 1.29 is 21.6 Å². The first-order chi connectivity index (χ1) is 12.1. The summed E-state index contributed by atoms with van der Waals surface area (Å²) >= 11 is 5.88. The van der Waals surface area contributed by atoms with Crippen molar-refractivity contribution in [2.24, 2.45) is 5.73 Å². The molecular formula is C16H13ClF3N3O2S. The zero-order chi connectivity index (χ0) is 19.1. The lowest BCUT2D eigenvalue weighted by molar-refractivity contribution is -0.137. The van der Waals surface area contributed by atoms with Gasteiger partial charge in [-0.2, -0.15) is 13.2 Å². The topological polar surface area (TPSA) is 78.0 Å². The second kappa shape index (κ2) is 6.57. The average molecular weight is 404 g/mol. The summed E-state index contributed by atoms with van der Waals surface area (Å²) in [7, 11) is -4.27. The van der Waals surface area contributed by atoms with Crippen LogP contribution in [0.5, 0.6) is 0 Å². The second-order valence-corrected chi connectivity index (χ2v) is 7.72. The predicted octanol–water partition coefficient (Wildman–Crippen LogP) is 3.45. The summed E-state index contributed by atoms with van der Waals surface area (Å²) in [4.78, 5) is 3.65. The van der Waals surface area contributed by atoms with Crippen LogP contribution >= 0.6 is 11.6 Å². The van der Waals surface area contributed by atoms with Crippen LogP contribution in [-0.4, -0.2) is 23.9 Å². The van der Waals surface area contributed by atoms with Crippen molar-refractivity contribution in [2.45, 2.75) is 17.5 Å². The Morgan fingerprint density at radius 2 is 1.92 bits per heavy atom. The van der Waals surface area contributed by atoms with Crippen LogP contribution in [0.15, 0.2) is 47.5 Å². The van der Waals surface area contributed by atoms with E-state index in [2.05, 4.69) is 4.98 Å². The molecule has 0 amide bonds. The summed E-state index contributed by atoms with van der Waals surface area (Å²) in [6.45, 7) is 0.247. The number of benzene rings is 1. The third-order valence-corrected chi connectivity index (χ3v) is 5.67. The number of rotatable bonds is 4. The number of pyridine rings is 1. The van der Waals surface area contributed by atoms with Crippen molar-refractivity contribution in [1.29, 1.82) is 0 Å². The fraction of sp³-hybridized carbons (Fsp3) is 0.188. The van der Waals surface area contributed by atoms with Gasteiger partial charge in [0.2, 0.25) is 0 Å². The summed E-state index contributed by atoms with van der Waals surface area (Å²) in [5.41, 5.74) is 5.61. The van der Waals surface area contributed by atoms with Crippen molar-refractivity contribution >= 4 is 32.7 Å². The van der Waals surface area contributed by atoms with E-state index in [1.54, 1.807) is 0 Å². The zero-order valence-electron chi connectivity index (χ0n) is 13.2. The maximum Gasteiger partial charge on any atom is 0.416 e. The molecule has 26 heavy (non-hydrogen) atoms. The molecule has 5 nitrogen and oxygen atoms in total. The first kappa shape index (κ1) is 18.7. The fourth-order valence-corrected chi connectivity index (χ4v) is 4.17. The number of nitrogens with zero attached hydrogens (tertiary/aromatic N) is 2. The van der Waals surface area contributed by atoms with E-state index in [1.165, 1.54) is 18.3 Å². The number of hydrogen-bond donors (Lipinski definition) is 1. The molecule has 2 N–H and O–H groups in total. The molecule has 1 aromatic carbocycles. The zero-order valence-corrected chi connectivity index (χ0v) is 14.7. The Kier molecular flexibility index (Phi) is 4.72. The summed E-state index contributed by atoms with van der Waals surface area (Å²) < 4.78 is 65.5. The molecule has 3 aromatic rings. The van der Waals surface area contributed by atoms with Crippen molar-refractivity contribution in [3.63, 3.8) is 0 Å². The van der Waals surface area contributed by atoms with E-state index in [0.29, 0.717) is 23.6 Å². The van der Waals surface area contributed by atoms with Gasteiger partial charge in [-0.25, -0.2) is 17.4 Å². The Balaban J connectivity index is 2.23. The van der Waals surface area contributed by atoms with Gasteiger partial charge in [0.05, 0.1) is 21.5 Å². The number of nitrogens with two attached hydrogens (primary N) is 1. The fourth-order valence-electron chi connectivity index (χ4n) is 2.60. The van der Waals surface area contributed by atoms with Crippen LogP contribution in [0.3, 0.4) is 0 Å². The Hall–Kier alpha value is -2.10. The second-order valence-electron chi connectivity index (χ2n) is 5.52. The molecule has 138 valence electrons. The lowest BCUT2D eigenvalue weighted by Crippen LogP contribution is -2.14. The van der Waals surface area contributed by atoms with E-state index in [1.807, 2.05) is 0 Å². The molecule has 3 rings (SSSR count). The van der Waals surface area contributed by atoms with Crippen LogP contribution in [0.2, 0.25) is 5.15 Å². The molecule has 0 atom stereocenters. The van der Waals surface area contributed by atoms with Gasteiger partial charge in [0.15, 0.2) is 0 Å². The van der Waals surface area contributed by atoms with Crippen LogP contribution in [0, 0.1) is 0 Å². The van der Waals surface area contributed by atoms with Crippen molar-refractivity contribution in [2.75, 3.05) is 6.54 Å². The minimum Gasteiger partial charge on any atom is -0.330 e. The van der Waals surface area contributed by atoms with Gasteiger partial charge in [-0.1, -0.05) is 17.7 Å². The van der Waals surface area contributed by atoms with Crippen LogP contribution in [0.1, 0.15) is 11.1 Å². The molecule has 0 spiro atoms. The van der Waals surface area contributed by atoms with E-state index < -0.39 is 26.7 Å². The predicted molar refractivity (Wildman–Crippen MR) is 91.5 cm³/mol. The minimum absolute atomic E-state index is 0.171. The van der Waals surface area contributed by atoms with Gasteiger partial charge in [-0.15, -0.1) is 0 Å². The van der Waals surface area contributed by atoms with Crippen LogP contribution < -0.4 is 5.73 Å². The Morgan fingerprint density at radius 3 is 2.58 bits per heavy atom. The van der Waals surface area contributed by atoms with E-state index in [9.17, 15) is 21.6 Å². The number of fused-ring (bicyclic) bond motifs is 1. The summed E-state index contributed by atoms with van der Waals surface area (Å²) in [5, 5.41) is 0.171. The third-order valence-electron chi connectivity index (χ3n) is 3.79. The molecule has 0 unspecified atom stereocenters. The molecule has 0 fully saturated rings. The van der Waals surface area contributed by atoms with Gasteiger partial charge in [0.1, 0.15) is 5.15 Å². The van der Waals surface area contributed by atoms with Crippen molar-refractivity contribution in [3.8, 4) is 0 Å². The molecule has 2 heterocycles. The van der Waals surface area contributed by atoms with Crippen molar-refractivity contribution in [1.82, 2.24) is 8.96 Å². The highest BCUT2D eigenvalue weighted by Gasteiger charge is 2.32. The molecule has 0 aliphatic rings. The Labute approximate surface area is 152 Å². The number of aromatic nitrogens is 2. The smallest absolute Gasteiger partial charge is 0.330 e. The quantitative estimate of drug-likeness (QED) is 0.677. The normalized spacial score (nSPS) is 12.7.